The SMILES string of the molecule is Cc1cccc(Oc2ccc(NC(=O)CNC(=O)c3ccc(N4CCCC4=O)cc3)cc2)c1. The number of amides is 3. The normalized spacial score (nSPS) is 13.0. The van der Waals surface area contributed by atoms with Crippen LogP contribution >= 0.6 is 0 Å². The van der Waals surface area contributed by atoms with Crippen molar-refractivity contribution >= 4 is 29.1 Å². The van der Waals surface area contributed by atoms with Gasteiger partial charge in [-0.2, -0.15) is 0 Å². The third-order valence-electron chi connectivity index (χ3n) is 5.29. The van der Waals surface area contributed by atoms with Crippen LogP contribution in [0.2, 0.25) is 0 Å². The summed E-state index contributed by atoms with van der Waals surface area (Å²) in [6.45, 7) is 2.53. The molecule has 0 saturated carbocycles. The number of carbonyl (C=O) groups excluding carboxylic acids is 3. The van der Waals surface area contributed by atoms with E-state index < -0.39 is 0 Å². The topological polar surface area (TPSA) is 87.7 Å². The molecule has 1 heterocycles. The average molecular weight is 444 g/mol. The molecule has 33 heavy (non-hydrogen) atoms. The second-order valence-electron chi connectivity index (χ2n) is 7.87. The minimum Gasteiger partial charge on any atom is -0.457 e. The Morgan fingerprint density at radius 3 is 2.39 bits per heavy atom. The van der Waals surface area contributed by atoms with Gasteiger partial charge >= 0.3 is 0 Å². The van der Waals surface area contributed by atoms with Gasteiger partial charge < -0.3 is 20.3 Å². The van der Waals surface area contributed by atoms with E-state index in [4.69, 9.17) is 4.74 Å². The van der Waals surface area contributed by atoms with Crippen LogP contribution in [0.5, 0.6) is 11.5 Å². The smallest absolute Gasteiger partial charge is 0.251 e. The highest BCUT2D eigenvalue weighted by atomic mass is 16.5. The maximum absolute atomic E-state index is 12.4. The van der Waals surface area contributed by atoms with Gasteiger partial charge in [0.2, 0.25) is 11.8 Å². The van der Waals surface area contributed by atoms with Crippen LogP contribution < -0.4 is 20.3 Å². The first-order valence-electron chi connectivity index (χ1n) is 10.8. The Morgan fingerprint density at radius 2 is 1.73 bits per heavy atom. The largest absolute Gasteiger partial charge is 0.457 e. The Bertz CT molecular complexity index is 1160. The maximum Gasteiger partial charge on any atom is 0.251 e. The number of aryl methyl sites for hydroxylation is 1. The molecule has 0 aliphatic carbocycles. The summed E-state index contributed by atoms with van der Waals surface area (Å²) >= 11 is 0. The predicted octanol–water partition coefficient (Wildman–Crippen LogP) is 4.28. The number of nitrogens with zero attached hydrogens (tertiary/aromatic N) is 1. The van der Waals surface area contributed by atoms with E-state index in [1.807, 2.05) is 31.2 Å². The van der Waals surface area contributed by atoms with Gasteiger partial charge in [-0.1, -0.05) is 12.1 Å². The molecule has 7 nitrogen and oxygen atoms in total. The monoisotopic (exact) mass is 443 g/mol. The summed E-state index contributed by atoms with van der Waals surface area (Å²) in [4.78, 5) is 38.1. The number of carbonyl (C=O) groups is 3. The molecule has 0 radical (unpaired) electrons. The molecule has 1 fully saturated rings. The van der Waals surface area contributed by atoms with E-state index in [0.717, 1.165) is 23.4 Å². The van der Waals surface area contributed by atoms with Gasteiger partial charge in [-0.15, -0.1) is 0 Å². The second kappa shape index (κ2) is 9.99. The molecular formula is C26H25N3O4. The van der Waals surface area contributed by atoms with Crippen molar-refractivity contribution in [3.05, 3.63) is 83.9 Å². The third-order valence-corrected chi connectivity index (χ3v) is 5.29. The zero-order valence-corrected chi connectivity index (χ0v) is 18.3. The molecule has 0 atom stereocenters. The van der Waals surface area contributed by atoms with Crippen molar-refractivity contribution in [3.63, 3.8) is 0 Å². The third kappa shape index (κ3) is 5.77. The molecular weight excluding hydrogens is 418 g/mol. The summed E-state index contributed by atoms with van der Waals surface area (Å²) in [6.07, 6.45) is 1.40. The number of ether oxygens (including phenoxy) is 1. The predicted molar refractivity (Wildman–Crippen MR) is 127 cm³/mol. The minimum atomic E-state index is -0.355. The quantitative estimate of drug-likeness (QED) is 0.571. The molecule has 0 aromatic heterocycles. The lowest BCUT2D eigenvalue weighted by Crippen LogP contribution is -2.32. The first-order valence-corrected chi connectivity index (χ1v) is 10.8. The first-order chi connectivity index (χ1) is 16.0. The lowest BCUT2D eigenvalue weighted by molar-refractivity contribution is -0.117. The van der Waals surface area contributed by atoms with Crippen LogP contribution in [0.1, 0.15) is 28.8 Å². The van der Waals surface area contributed by atoms with E-state index in [-0.39, 0.29) is 24.3 Å². The summed E-state index contributed by atoms with van der Waals surface area (Å²) in [5.74, 6) is 0.806. The fourth-order valence-electron chi connectivity index (χ4n) is 3.60. The average Bonchev–Trinajstić information content (AvgIpc) is 3.25. The highest BCUT2D eigenvalue weighted by Gasteiger charge is 2.21. The molecule has 0 bridgehead atoms. The molecule has 7 heteroatoms. The van der Waals surface area contributed by atoms with Crippen LogP contribution in [0.3, 0.4) is 0 Å². The molecule has 0 spiro atoms. The summed E-state index contributed by atoms with van der Waals surface area (Å²) in [7, 11) is 0. The van der Waals surface area contributed by atoms with Gasteiger partial charge in [0, 0.05) is 29.9 Å². The lowest BCUT2D eigenvalue weighted by atomic mass is 10.2. The van der Waals surface area contributed by atoms with Gasteiger partial charge in [-0.05, 0) is 79.6 Å². The van der Waals surface area contributed by atoms with Crippen LogP contribution in [0.25, 0.3) is 0 Å². The maximum atomic E-state index is 12.4. The van der Waals surface area contributed by atoms with Gasteiger partial charge in [-0.25, -0.2) is 0 Å². The van der Waals surface area contributed by atoms with Crippen molar-refractivity contribution < 1.29 is 19.1 Å². The van der Waals surface area contributed by atoms with Crippen molar-refractivity contribution in [3.8, 4) is 11.5 Å². The van der Waals surface area contributed by atoms with E-state index in [9.17, 15) is 14.4 Å². The fourth-order valence-corrected chi connectivity index (χ4v) is 3.60. The Labute approximate surface area is 192 Å². The van der Waals surface area contributed by atoms with Crippen LogP contribution in [0.15, 0.2) is 72.8 Å². The van der Waals surface area contributed by atoms with Crippen LogP contribution in [-0.2, 0) is 9.59 Å². The summed E-state index contributed by atoms with van der Waals surface area (Å²) in [5, 5.41) is 5.36. The molecule has 168 valence electrons. The fraction of sp³-hybridized carbons (Fsp3) is 0.192. The van der Waals surface area contributed by atoms with Crippen molar-refractivity contribution in [1.82, 2.24) is 5.32 Å². The first kappa shape index (κ1) is 22.1. The van der Waals surface area contributed by atoms with Crippen molar-refractivity contribution in [2.75, 3.05) is 23.3 Å². The zero-order chi connectivity index (χ0) is 23.2. The summed E-state index contributed by atoms with van der Waals surface area (Å²) in [6, 6.07) is 21.6. The minimum absolute atomic E-state index is 0.0960. The van der Waals surface area contributed by atoms with Crippen molar-refractivity contribution in [2.24, 2.45) is 0 Å². The second-order valence-corrected chi connectivity index (χ2v) is 7.87. The van der Waals surface area contributed by atoms with Crippen LogP contribution in [-0.4, -0.2) is 30.8 Å². The van der Waals surface area contributed by atoms with Gasteiger partial charge in [0.05, 0.1) is 6.54 Å². The van der Waals surface area contributed by atoms with Crippen molar-refractivity contribution in [1.29, 1.82) is 0 Å². The van der Waals surface area contributed by atoms with Gasteiger partial charge in [0.1, 0.15) is 11.5 Å². The highest BCUT2D eigenvalue weighted by Crippen LogP contribution is 2.24. The molecule has 1 aliphatic rings. The standard InChI is InChI=1S/C26H25N3O4/c1-18-4-2-5-23(16-18)33-22-13-9-20(10-14-22)28-24(30)17-27-26(32)19-7-11-21(12-8-19)29-15-3-6-25(29)31/h2,4-5,7-14,16H,3,6,15,17H2,1H3,(H,27,32)(H,28,30). The van der Waals surface area contributed by atoms with Crippen LogP contribution in [0, 0.1) is 6.92 Å². The van der Waals surface area contributed by atoms with E-state index >= 15 is 0 Å². The number of rotatable bonds is 7. The molecule has 2 N–H and O–H groups in total. The van der Waals surface area contributed by atoms with E-state index in [2.05, 4.69) is 10.6 Å². The Hall–Kier alpha value is -4.13. The Morgan fingerprint density at radius 1 is 0.970 bits per heavy atom. The van der Waals surface area contributed by atoms with Gasteiger partial charge in [0.15, 0.2) is 0 Å². The number of benzene rings is 3. The molecule has 1 aliphatic heterocycles. The highest BCUT2D eigenvalue weighted by molar-refractivity contribution is 6.00. The molecule has 3 aromatic rings. The molecule has 4 rings (SSSR count). The summed E-state index contributed by atoms with van der Waals surface area (Å²) in [5.41, 5.74) is 2.92. The van der Waals surface area contributed by atoms with E-state index in [0.29, 0.717) is 30.0 Å². The van der Waals surface area contributed by atoms with Gasteiger partial charge in [-0.3, -0.25) is 14.4 Å². The molecule has 1 saturated heterocycles. The number of anilines is 2. The lowest BCUT2D eigenvalue weighted by Gasteiger charge is -2.15. The molecule has 3 amide bonds. The van der Waals surface area contributed by atoms with Crippen LogP contribution in [0.4, 0.5) is 11.4 Å². The zero-order valence-electron chi connectivity index (χ0n) is 18.3. The summed E-state index contributed by atoms with van der Waals surface area (Å²) < 4.78 is 5.80. The number of hydrogen-bond acceptors (Lipinski definition) is 4. The van der Waals surface area contributed by atoms with Crippen molar-refractivity contribution in [2.45, 2.75) is 19.8 Å². The van der Waals surface area contributed by atoms with E-state index in [1.165, 1.54) is 0 Å². The molecule has 3 aromatic carbocycles. The Balaban J connectivity index is 1.25. The molecule has 0 unspecified atom stereocenters. The number of nitrogens with one attached hydrogen (secondary N) is 2. The Kier molecular flexibility index (Phi) is 6.69. The van der Waals surface area contributed by atoms with Gasteiger partial charge in [0.25, 0.3) is 5.91 Å². The van der Waals surface area contributed by atoms with E-state index in [1.54, 1.807) is 53.4 Å². The number of hydrogen-bond donors (Lipinski definition) is 2.